The van der Waals surface area contributed by atoms with Gasteiger partial charge in [0, 0.05) is 5.02 Å². The van der Waals surface area contributed by atoms with Crippen LogP contribution in [0.1, 0.15) is 13.8 Å². The molecule has 1 amide bonds. The number of amides is 1. The summed E-state index contributed by atoms with van der Waals surface area (Å²) in [6, 6.07) is 11.6. The molecule has 144 valence electrons. The number of carbonyl (C=O) groups is 2. The fourth-order valence-electron chi connectivity index (χ4n) is 2.10. The van der Waals surface area contributed by atoms with Crippen LogP contribution in [0.2, 0.25) is 10.0 Å². The second-order valence-corrected chi connectivity index (χ2v) is 6.26. The van der Waals surface area contributed by atoms with E-state index in [1.54, 1.807) is 36.4 Å². The fourth-order valence-corrected chi connectivity index (χ4v) is 2.55. The molecular formula is C19H19Cl2NO5. The van der Waals surface area contributed by atoms with Crippen molar-refractivity contribution in [2.45, 2.75) is 20.0 Å². The van der Waals surface area contributed by atoms with Crippen molar-refractivity contribution in [3.8, 4) is 11.5 Å². The van der Waals surface area contributed by atoms with Gasteiger partial charge in [0.05, 0.1) is 17.3 Å². The van der Waals surface area contributed by atoms with E-state index in [0.717, 1.165) is 0 Å². The molecule has 0 unspecified atom stereocenters. The van der Waals surface area contributed by atoms with Gasteiger partial charge >= 0.3 is 5.97 Å². The molecule has 0 saturated carbocycles. The predicted molar refractivity (Wildman–Crippen MR) is 104 cm³/mol. The third-order valence-corrected chi connectivity index (χ3v) is 3.87. The number of nitrogens with one attached hydrogen (secondary N) is 1. The fraction of sp³-hybridized carbons (Fsp3) is 0.263. The highest BCUT2D eigenvalue weighted by Crippen LogP contribution is 2.28. The summed E-state index contributed by atoms with van der Waals surface area (Å²) in [5.74, 6) is -0.365. The van der Waals surface area contributed by atoms with Crippen molar-refractivity contribution in [3.05, 3.63) is 52.5 Å². The van der Waals surface area contributed by atoms with Crippen LogP contribution in [0.25, 0.3) is 0 Å². The van der Waals surface area contributed by atoms with Crippen molar-refractivity contribution in [3.63, 3.8) is 0 Å². The molecule has 1 N–H and O–H groups in total. The van der Waals surface area contributed by atoms with E-state index < -0.39 is 24.6 Å². The molecule has 0 bridgehead atoms. The topological polar surface area (TPSA) is 73.9 Å². The summed E-state index contributed by atoms with van der Waals surface area (Å²) in [7, 11) is 0. The number of para-hydroxylation sites is 2. The van der Waals surface area contributed by atoms with E-state index >= 15 is 0 Å². The molecule has 2 rings (SSSR count). The Balaban J connectivity index is 1.86. The highest BCUT2D eigenvalue weighted by atomic mass is 35.5. The molecule has 0 heterocycles. The van der Waals surface area contributed by atoms with Gasteiger partial charge in [0.2, 0.25) is 0 Å². The molecule has 2 aromatic carbocycles. The number of carbonyl (C=O) groups excluding carboxylic acids is 2. The zero-order valence-electron chi connectivity index (χ0n) is 14.8. The maximum Gasteiger partial charge on any atom is 0.347 e. The monoisotopic (exact) mass is 411 g/mol. The minimum absolute atomic E-state index is 0.271. The average molecular weight is 412 g/mol. The molecule has 27 heavy (non-hydrogen) atoms. The molecular weight excluding hydrogens is 393 g/mol. The third kappa shape index (κ3) is 6.34. The molecule has 0 spiro atoms. The smallest absolute Gasteiger partial charge is 0.347 e. The maximum atomic E-state index is 12.0. The van der Waals surface area contributed by atoms with Crippen LogP contribution in [0.3, 0.4) is 0 Å². The van der Waals surface area contributed by atoms with Gasteiger partial charge in [-0.15, -0.1) is 0 Å². The Hall–Kier alpha value is -2.44. The zero-order chi connectivity index (χ0) is 19.8. The summed E-state index contributed by atoms with van der Waals surface area (Å²) >= 11 is 11.8. The number of halogens is 2. The van der Waals surface area contributed by atoms with E-state index in [1.165, 1.54) is 13.0 Å². The summed E-state index contributed by atoms with van der Waals surface area (Å²) in [6.45, 7) is 3.34. The lowest BCUT2D eigenvalue weighted by molar-refractivity contribution is -0.153. The van der Waals surface area contributed by atoms with E-state index in [2.05, 4.69) is 5.32 Å². The number of hydrogen-bond acceptors (Lipinski definition) is 5. The second-order valence-electron chi connectivity index (χ2n) is 5.42. The van der Waals surface area contributed by atoms with Gasteiger partial charge in [-0.2, -0.15) is 0 Å². The van der Waals surface area contributed by atoms with Gasteiger partial charge in [-0.25, -0.2) is 4.79 Å². The molecule has 0 saturated heterocycles. The van der Waals surface area contributed by atoms with Gasteiger partial charge in [-0.1, -0.05) is 35.3 Å². The number of esters is 1. The van der Waals surface area contributed by atoms with Crippen molar-refractivity contribution in [1.29, 1.82) is 0 Å². The van der Waals surface area contributed by atoms with Crippen LogP contribution in [0.15, 0.2) is 42.5 Å². The zero-order valence-corrected chi connectivity index (χ0v) is 16.3. The average Bonchev–Trinajstić information content (AvgIpc) is 2.63. The summed E-state index contributed by atoms with van der Waals surface area (Å²) < 4.78 is 15.9. The van der Waals surface area contributed by atoms with Gasteiger partial charge in [0.15, 0.2) is 12.7 Å². The molecule has 0 aromatic heterocycles. The molecule has 8 heteroatoms. The van der Waals surface area contributed by atoms with Crippen molar-refractivity contribution >= 4 is 40.8 Å². The molecule has 0 radical (unpaired) electrons. The number of ether oxygens (including phenoxy) is 3. The molecule has 1 atom stereocenters. The van der Waals surface area contributed by atoms with Crippen LogP contribution in [-0.2, 0) is 14.3 Å². The van der Waals surface area contributed by atoms with Gasteiger partial charge in [-0.05, 0) is 44.2 Å². The Morgan fingerprint density at radius 2 is 1.85 bits per heavy atom. The third-order valence-electron chi connectivity index (χ3n) is 3.34. The Kier molecular flexibility index (Phi) is 7.76. The van der Waals surface area contributed by atoms with E-state index in [9.17, 15) is 9.59 Å². The number of rotatable bonds is 8. The van der Waals surface area contributed by atoms with Crippen molar-refractivity contribution in [1.82, 2.24) is 0 Å². The highest BCUT2D eigenvalue weighted by Gasteiger charge is 2.19. The quantitative estimate of drug-likeness (QED) is 0.653. The number of hydrogen-bond donors (Lipinski definition) is 1. The largest absolute Gasteiger partial charge is 0.492 e. The van der Waals surface area contributed by atoms with Crippen LogP contribution in [0.4, 0.5) is 5.69 Å². The van der Waals surface area contributed by atoms with Gasteiger partial charge < -0.3 is 19.5 Å². The van der Waals surface area contributed by atoms with E-state index in [4.69, 9.17) is 37.4 Å². The van der Waals surface area contributed by atoms with Crippen LogP contribution in [-0.4, -0.2) is 31.2 Å². The van der Waals surface area contributed by atoms with Crippen LogP contribution in [0, 0.1) is 0 Å². The maximum absolute atomic E-state index is 12.0. The summed E-state index contributed by atoms with van der Waals surface area (Å²) in [5, 5.41) is 3.36. The lowest BCUT2D eigenvalue weighted by Gasteiger charge is -2.15. The molecule has 0 aliphatic rings. The Labute approximate surface area is 167 Å². The number of anilines is 1. The second kappa shape index (κ2) is 10.0. The van der Waals surface area contributed by atoms with Crippen molar-refractivity contribution in [2.24, 2.45) is 0 Å². The van der Waals surface area contributed by atoms with Gasteiger partial charge in [-0.3, -0.25) is 4.79 Å². The number of benzene rings is 2. The predicted octanol–water partition coefficient (Wildman–Crippen LogP) is 4.34. The first-order valence-electron chi connectivity index (χ1n) is 8.20. The Morgan fingerprint density at radius 1 is 1.11 bits per heavy atom. The Bertz CT molecular complexity index is 812. The first-order valence-corrected chi connectivity index (χ1v) is 8.96. The van der Waals surface area contributed by atoms with E-state index in [0.29, 0.717) is 28.8 Å². The van der Waals surface area contributed by atoms with E-state index in [-0.39, 0.29) is 5.02 Å². The minimum atomic E-state index is -0.952. The Morgan fingerprint density at radius 3 is 2.56 bits per heavy atom. The molecule has 6 nitrogen and oxygen atoms in total. The first kappa shape index (κ1) is 20.9. The van der Waals surface area contributed by atoms with Crippen molar-refractivity contribution in [2.75, 3.05) is 18.5 Å². The highest BCUT2D eigenvalue weighted by molar-refractivity contribution is 6.35. The molecule has 0 aliphatic carbocycles. The summed E-state index contributed by atoms with van der Waals surface area (Å²) in [4.78, 5) is 24.1. The first-order chi connectivity index (χ1) is 12.9. The molecule has 2 aromatic rings. The van der Waals surface area contributed by atoms with Crippen LogP contribution < -0.4 is 14.8 Å². The molecule has 0 aliphatic heterocycles. The van der Waals surface area contributed by atoms with Crippen molar-refractivity contribution < 1.29 is 23.8 Å². The van der Waals surface area contributed by atoms with E-state index in [1.807, 2.05) is 6.92 Å². The molecule has 0 fully saturated rings. The van der Waals surface area contributed by atoms with Gasteiger partial charge in [0.1, 0.15) is 11.5 Å². The van der Waals surface area contributed by atoms with Crippen LogP contribution >= 0.6 is 23.2 Å². The lowest BCUT2D eigenvalue weighted by atomic mass is 10.3. The normalized spacial score (nSPS) is 11.4. The summed E-state index contributed by atoms with van der Waals surface area (Å²) in [5.41, 5.74) is 0.498. The minimum Gasteiger partial charge on any atom is -0.492 e. The van der Waals surface area contributed by atoms with Gasteiger partial charge in [0.25, 0.3) is 5.91 Å². The standard InChI is InChI=1S/C19H19Cl2NO5/c1-3-25-17-7-5-4-6-15(17)22-18(23)11-26-19(24)12(2)27-16-9-8-13(20)10-14(16)21/h4-10,12H,3,11H2,1-2H3,(H,22,23)/t12-/m1/s1. The SMILES string of the molecule is CCOc1ccccc1NC(=O)COC(=O)[C@@H](C)Oc1ccc(Cl)cc1Cl. The summed E-state index contributed by atoms with van der Waals surface area (Å²) in [6.07, 6.45) is -0.952. The van der Waals surface area contributed by atoms with Crippen LogP contribution in [0.5, 0.6) is 11.5 Å². The lowest BCUT2D eigenvalue weighted by Crippen LogP contribution is -2.29.